The summed E-state index contributed by atoms with van der Waals surface area (Å²) < 4.78 is 12.4. The molecule has 1 amide bonds. The Labute approximate surface area is 276 Å². The van der Waals surface area contributed by atoms with Gasteiger partial charge in [-0.25, -0.2) is 4.79 Å². The van der Waals surface area contributed by atoms with Crippen molar-refractivity contribution in [3.63, 3.8) is 0 Å². The normalized spacial score (nSPS) is 17.0. The van der Waals surface area contributed by atoms with E-state index in [9.17, 15) is 19.5 Å². The van der Waals surface area contributed by atoms with Crippen molar-refractivity contribution in [1.29, 1.82) is 0 Å². The second-order valence-electron chi connectivity index (χ2n) is 11.6. The van der Waals surface area contributed by atoms with Gasteiger partial charge in [-0.15, -0.1) is 0 Å². The van der Waals surface area contributed by atoms with Crippen LogP contribution in [0, 0.1) is 0 Å². The summed E-state index contributed by atoms with van der Waals surface area (Å²) >= 11 is 0. The summed E-state index contributed by atoms with van der Waals surface area (Å²) in [5, 5.41) is 11.3. The third kappa shape index (κ3) is 5.60. The zero-order chi connectivity index (χ0) is 29.7. The number of benzene rings is 2. The zero-order valence-corrected chi connectivity index (χ0v) is 23.8. The molecule has 10 heteroatoms. The number of nitrogens with zero attached hydrogens (tertiary/aromatic N) is 3. The van der Waals surface area contributed by atoms with E-state index in [-0.39, 0.29) is 53.2 Å². The molecular formula is C34H32N3NaO6. The number of carboxylic acids is 1. The molecule has 44 heavy (non-hydrogen) atoms. The van der Waals surface area contributed by atoms with Crippen molar-refractivity contribution in [3.8, 4) is 22.8 Å². The van der Waals surface area contributed by atoms with Crippen molar-refractivity contribution in [1.82, 2.24) is 14.9 Å². The number of fused-ring (bicyclic) bond motifs is 2. The van der Waals surface area contributed by atoms with Gasteiger partial charge in [-0.3, -0.25) is 19.6 Å². The van der Waals surface area contributed by atoms with Crippen LogP contribution in [-0.2, 0) is 0 Å². The van der Waals surface area contributed by atoms with Crippen LogP contribution < -0.4 is 9.47 Å². The molecule has 2 aliphatic heterocycles. The van der Waals surface area contributed by atoms with Crippen LogP contribution in [-0.4, -0.2) is 92.5 Å². The summed E-state index contributed by atoms with van der Waals surface area (Å²) in [6.45, 7) is 3.37. The van der Waals surface area contributed by atoms with Crippen LogP contribution in [0.3, 0.4) is 0 Å². The van der Waals surface area contributed by atoms with E-state index in [0.29, 0.717) is 72.3 Å². The van der Waals surface area contributed by atoms with Crippen LogP contribution in [0.5, 0.6) is 11.5 Å². The molecule has 3 aliphatic rings. The second-order valence-corrected chi connectivity index (χ2v) is 11.6. The van der Waals surface area contributed by atoms with E-state index in [2.05, 4.69) is 9.97 Å². The van der Waals surface area contributed by atoms with Crippen molar-refractivity contribution in [3.05, 3.63) is 83.3 Å². The molecule has 9 nitrogen and oxygen atoms in total. The number of hydrogen-bond donors (Lipinski definition) is 1. The quantitative estimate of drug-likeness (QED) is 0.297. The Morgan fingerprint density at radius 1 is 1.00 bits per heavy atom. The van der Waals surface area contributed by atoms with Crippen molar-refractivity contribution in [2.75, 3.05) is 19.7 Å². The SMILES string of the molecule is CCOc1cc(C(=O)N2CCC3(CC2)CC(=O)c2cc(-c4cc(C(=O)O)ccn4)ccc2O3)cc2c(C3CC3)nccc12.[NaH]. The molecule has 1 N–H and O–H groups in total. The number of pyridine rings is 2. The summed E-state index contributed by atoms with van der Waals surface area (Å²) in [7, 11) is 0. The van der Waals surface area contributed by atoms with Crippen molar-refractivity contribution >= 4 is 58.0 Å². The van der Waals surface area contributed by atoms with Crippen LogP contribution in [0.4, 0.5) is 0 Å². The van der Waals surface area contributed by atoms with Gasteiger partial charge >= 0.3 is 35.5 Å². The molecule has 7 rings (SSSR count). The van der Waals surface area contributed by atoms with E-state index in [1.807, 2.05) is 36.2 Å². The van der Waals surface area contributed by atoms with Gasteiger partial charge in [0.1, 0.15) is 17.1 Å². The van der Waals surface area contributed by atoms with Gasteiger partial charge in [-0.1, -0.05) is 0 Å². The number of ether oxygens (including phenoxy) is 2. The summed E-state index contributed by atoms with van der Waals surface area (Å²) in [5.74, 6) is 0.501. The van der Waals surface area contributed by atoms with Gasteiger partial charge in [0.25, 0.3) is 5.91 Å². The Morgan fingerprint density at radius 3 is 2.50 bits per heavy atom. The topological polar surface area (TPSA) is 119 Å². The molecule has 1 aliphatic carbocycles. The molecular weight excluding hydrogens is 569 g/mol. The molecule has 220 valence electrons. The van der Waals surface area contributed by atoms with Gasteiger partial charge < -0.3 is 19.5 Å². The van der Waals surface area contributed by atoms with Crippen molar-refractivity contribution in [2.24, 2.45) is 0 Å². The van der Waals surface area contributed by atoms with E-state index < -0.39 is 11.6 Å². The molecule has 2 fully saturated rings. The molecule has 1 spiro atoms. The van der Waals surface area contributed by atoms with Gasteiger partial charge in [0, 0.05) is 66.1 Å². The molecule has 2 aromatic carbocycles. The van der Waals surface area contributed by atoms with E-state index in [0.717, 1.165) is 29.3 Å². The first-order chi connectivity index (χ1) is 20.8. The van der Waals surface area contributed by atoms with E-state index >= 15 is 0 Å². The predicted octanol–water partition coefficient (Wildman–Crippen LogP) is 5.26. The minimum absolute atomic E-state index is 0. The fourth-order valence-electron chi connectivity index (χ4n) is 6.31. The van der Waals surface area contributed by atoms with Gasteiger partial charge in [0.15, 0.2) is 5.78 Å². The Balaban J connectivity index is 0.00000343. The first kappa shape index (κ1) is 30.2. The first-order valence-electron chi connectivity index (χ1n) is 14.7. The van der Waals surface area contributed by atoms with Crippen molar-refractivity contribution in [2.45, 2.75) is 50.5 Å². The number of carbonyl (C=O) groups is 3. The molecule has 4 heterocycles. The Kier molecular flexibility index (Phi) is 8.22. The Bertz CT molecular complexity index is 1800. The number of carboxylic acid groups (broad SMARTS) is 1. The van der Waals surface area contributed by atoms with Gasteiger partial charge in [0.2, 0.25) is 0 Å². The number of Topliss-reactive ketones (excluding diaryl/α,β-unsaturated/α-hetero) is 1. The van der Waals surface area contributed by atoms with Crippen LogP contribution in [0.25, 0.3) is 22.0 Å². The monoisotopic (exact) mass is 601 g/mol. The van der Waals surface area contributed by atoms with Crippen LogP contribution in [0.15, 0.2) is 60.9 Å². The molecule has 0 unspecified atom stereocenters. The van der Waals surface area contributed by atoms with Crippen molar-refractivity contribution < 1.29 is 29.0 Å². The molecule has 0 bridgehead atoms. The van der Waals surface area contributed by atoms with Crippen LogP contribution in [0.1, 0.15) is 81.7 Å². The number of rotatable bonds is 6. The summed E-state index contributed by atoms with van der Waals surface area (Å²) in [5.41, 5.74) is 2.66. The summed E-state index contributed by atoms with van der Waals surface area (Å²) in [6, 6.07) is 13.9. The number of amides is 1. The molecule has 0 atom stereocenters. The Morgan fingerprint density at radius 2 is 1.77 bits per heavy atom. The van der Waals surface area contributed by atoms with E-state index in [1.54, 1.807) is 18.2 Å². The maximum atomic E-state index is 13.8. The van der Waals surface area contributed by atoms with Crippen LogP contribution >= 0.6 is 0 Å². The van der Waals surface area contributed by atoms with E-state index in [1.165, 1.54) is 18.3 Å². The number of ketones is 1. The van der Waals surface area contributed by atoms with Crippen LogP contribution in [0.2, 0.25) is 0 Å². The average Bonchev–Trinajstić information content (AvgIpc) is 3.86. The standard InChI is InChI=1S/C34H31N3O6.Na.H/c1-2-42-30-18-23(16-25-24(30)8-12-36-31(25)20-3-4-20)32(39)37-13-9-34(10-14-37)19-28(38)26-15-21(5-6-29(26)43-34)27-17-22(33(40)41)7-11-35-27;;/h5-8,11-12,15-18,20H,2-4,9-10,13-14,19H2,1H3,(H,40,41);;. The molecule has 4 aromatic rings. The number of carbonyl (C=O) groups excluding carboxylic acids is 2. The number of hydrogen-bond acceptors (Lipinski definition) is 7. The third-order valence-electron chi connectivity index (χ3n) is 8.74. The minimum atomic E-state index is -1.04. The Hall–Kier alpha value is -3.79. The first-order valence-corrected chi connectivity index (χ1v) is 14.7. The summed E-state index contributed by atoms with van der Waals surface area (Å²) in [4.78, 5) is 49.3. The van der Waals surface area contributed by atoms with Gasteiger partial charge in [-0.05, 0) is 68.3 Å². The summed E-state index contributed by atoms with van der Waals surface area (Å²) in [6.07, 6.45) is 6.78. The molecule has 0 radical (unpaired) electrons. The maximum absolute atomic E-state index is 13.8. The van der Waals surface area contributed by atoms with Gasteiger partial charge in [0.05, 0.1) is 35.5 Å². The zero-order valence-electron chi connectivity index (χ0n) is 23.8. The molecule has 2 aromatic heterocycles. The van der Waals surface area contributed by atoms with Gasteiger partial charge in [-0.2, -0.15) is 0 Å². The number of aromatic nitrogens is 2. The number of likely N-dealkylation sites (tertiary alicyclic amines) is 1. The predicted molar refractivity (Wildman–Crippen MR) is 166 cm³/mol. The second kappa shape index (κ2) is 12.0. The third-order valence-corrected chi connectivity index (χ3v) is 8.74. The van der Waals surface area contributed by atoms with E-state index in [4.69, 9.17) is 9.47 Å². The number of aromatic carboxylic acids is 1. The molecule has 1 saturated carbocycles. The fraction of sp³-hybridized carbons (Fsp3) is 0.324. The molecule has 1 saturated heterocycles. The number of piperidine rings is 1. The fourth-order valence-corrected chi connectivity index (χ4v) is 6.31. The average molecular weight is 602 g/mol.